The minimum atomic E-state index is -0.601. The number of rotatable bonds is 7. The van der Waals surface area contributed by atoms with E-state index in [0.29, 0.717) is 12.2 Å². The van der Waals surface area contributed by atoms with Gasteiger partial charge in [-0.3, -0.25) is 9.59 Å². The van der Waals surface area contributed by atoms with Gasteiger partial charge in [-0.1, -0.05) is 32.0 Å². The van der Waals surface area contributed by atoms with Gasteiger partial charge in [-0.15, -0.1) is 11.8 Å². The van der Waals surface area contributed by atoms with Crippen molar-refractivity contribution in [3.05, 3.63) is 59.7 Å². The normalized spacial score (nSPS) is 16.6. The zero-order chi connectivity index (χ0) is 20.8. The minimum Gasteiger partial charge on any atom is -0.494 e. The molecular formula is C23H28N2O3S. The molecule has 0 unspecified atom stereocenters. The summed E-state index contributed by atoms with van der Waals surface area (Å²) in [5.74, 6) is 1.24. The van der Waals surface area contributed by atoms with E-state index in [9.17, 15) is 9.59 Å². The van der Waals surface area contributed by atoms with Gasteiger partial charge in [0, 0.05) is 16.2 Å². The molecule has 0 aromatic heterocycles. The fourth-order valence-electron chi connectivity index (χ4n) is 3.38. The summed E-state index contributed by atoms with van der Waals surface area (Å²) in [6.07, 6.45) is 0.880. The highest BCUT2D eigenvalue weighted by molar-refractivity contribution is 7.99. The van der Waals surface area contributed by atoms with Gasteiger partial charge in [0.1, 0.15) is 11.8 Å². The minimum absolute atomic E-state index is 0.0245. The third kappa shape index (κ3) is 5.32. The second kappa shape index (κ2) is 9.83. The molecule has 2 aromatic rings. The van der Waals surface area contributed by atoms with E-state index in [-0.39, 0.29) is 23.8 Å². The van der Waals surface area contributed by atoms with Crippen LogP contribution in [0.25, 0.3) is 0 Å². The van der Waals surface area contributed by atoms with Crippen LogP contribution in [0.4, 0.5) is 0 Å². The molecular weight excluding hydrogens is 384 g/mol. The molecule has 154 valence electrons. The van der Waals surface area contributed by atoms with Crippen molar-refractivity contribution in [2.24, 2.45) is 5.92 Å². The first-order valence-electron chi connectivity index (χ1n) is 10.1. The fraction of sp³-hybridized carbons (Fsp3) is 0.391. The lowest BCUT2D eigenvalue weighted by atomic mass is 9.99. The van der Waals surface area contributed by atoms with Gasteiger partial charge in [0.2, 0.25) is 5.91 Å². The first-order valence-corrected chi connectivity index (χ1v) is 11.0. The van der Waals surface area contributed by atoms with Crippen molar-refractivity contribution in [1.82, 2.24) is 10.6 Å². The van der Waals surface area contributed by atoms with E-state index in [2.05, 4.69) is 22.8 Å². The maximum absolute atomic E-state index is 13.0. The van der Waals surface area contributed by atoms with Crippen molar-refractivity contribution in [1.29, 1.82) is 0 Å². The van der Waals surface area contributed by atoms with E-state index in [1.807, 2.05) is 44.7 Å². The van der Waals surface area contributed by atoms with Gasteiger partial charge in [-0.05, 0) is 55.2 Å². The van der Waals surface area contributed by atoms with Crippen LogP contribution >= 0.6 is 11.8 Å². The smallest absolute Gasteiger partial charge is 0.251 e. The zero-order valence-electron chi connectivity index (χ0n) is 17.1. The summed E-state index contributed by atoms with van der Waals surface area (Å²) < 4.78 is 5.41. The van der Waals surface area contributed by atoms with E-state index in [0.717, 1.165) is 23.5 Å². The number of carbonyl (C=O) groups is 2. The van der Waals surface area contributed by atoms with Gasteiger partial charge in [0.05, 0.1) is 12.6 Å². The zero-order valence-corrected chi connectivity index (χ0v) is 17.9. The molecule has 5 nitrogen and oxygen atoms in total. The first kappa shape index (κ1) is 21.2. The standard InChI is InChI=1S/C23H28N2O3S/c1-4-28-17-11-9-16(10-12-17)22(26)25-21(15(2)3)23(27)24-19-13-14-29-20-8-6-5-7-18(19)20/h5-12,15,19,21H,4,13-14H2,1-3H3,(H,24,27)(H,25,26)/t19-,21+/m1/s1. The lowest BCUT2D eigenvalue weighted by molar-refractivity contribution is -0.124. The average molecular weight is 413 g/mol. The second-order valence-electron chi connectivity index (χ2n) is 7.39. The molecule has 1 aliphatic heterocycles. The molecule has 0 fully saturated rings. The van der Waals surface area contributed by atoms with Crippen LogP contribution in [0.15, 0.2) is 53.4 Å². The number of hydrogen-bond donors (Lipinski definition) is 2. The molecule has 2 amide bonds. The van der Waals surface area contributed by atoms with Gasteiger partial charge < -0.3 is 15.4 Å². The van der Waals surface area contributed by atoms with Gasteiger partial charge in [0.15, 0.2) is 0 Å². The third-order valence-corrected chi connectivity index (χ3v) is 6.06. The lowest BCUT2D eigenvalue weighted by Crippen LogP contribution is -2.50. The molecule has 0 saturated heterocycles. The number of nitrogens with one attached hydrogen (secondary N) is 2. The summed E-state index contributed by atoms with van der Waals surface area (Å²) in [7, 11) is 0. The van der Waals surface area contributed by atoms with Crippen LogP contribution in [-0.2, 0) is 4.79 Å². The Hall–Kier alpha value is -2.47. The van der Waals surface area contributed by atoms with E-state index in [4.69, 9.17) is 4.74 Å². The Kier molecular flexibility index (Phi) is 7.20. The Morgan fingerprint density at radius 1 is 1.14 bits per heavy atom. The van der Waals surface area contributed by atoms with Crippen molar-refractivity contribution < 1.29 is 14.3 Å². The Balaban J connectivity index is 1.68. The summed E-state index contributed by atoms with van der Waals surface area (Å²) in [5.41, 5.74) is 1.66. The number of hydrogen-bond acceptors (Lipinski definition) is 4. The Morgan fingerprint density at radius 2 is 1.86 bits per heavy atom. The Labute approximate surface area is 176 Å². The molecule has 6 heteroatoms. The SMILES string of the molecule is CCOc1ccc(C(=O)N[C@H](C(=O)N[C@@H]2CCSc3ccccc32)C(C)C)cc1. The number of benzene rings is 2. The summed E-state index contributed by atoms with van der Waals surface area (Å²) in [6, 6.07) is 14.5. The Bertz CT molecular complexity index is 851. The highest BCUT2D eigenvalue weighted by Crippen LogP contribution is 2.35. The number of fused-ring (bicyclic) bond motifs is 1. The number of amides is 2. The van der Waals surface area contributed by atoms with Crippen LogP contribution in [0.3, 0.4) is 0 Å². The highest BCUT2D eigenvalue weighted by atomic mass is 32.2. The quantitative estimate of drug-likeness (QED) is 0.715. The predicted octanol–water partition coefficient (Wildman–Crippen LogP) is 4.19. The summed E-state index contributed by atoms with van der Waals surface area (Å²) in [5, 5.41) is 6.05. The topological polar surface area (TPSA) is 67.4 Å². The van der Waals surface area contributed by atoms with Crippen LogP contribution in [0, 0.1) is 5.92 Å². The molecule has 2 N–H and O–H groups in total. The molecule has 0 spiro atoms. The highest BCUT2D eigenvalue weighted by Gasteiger charge is 2.29. The second-order valence-corrected chi connectivity index (χ2v) is 8.53. The summed E-state index contributed by atoms with van der Waals surface area (Å²) >= 11 is 1.82. The van der Waals surface area contributed by atoms with E-state index in [1.54, 1.807) is 24.3 Å². The molecule has 0 bridgehead atoms. The largest absolute Gasteiger partial charge is 0.494 e. The molecule has 0 saturated carbocycles. The maximum atomic E-state index is 13.0. The average Bonchev–Trinajstić information content (AvgIpc) is 2.72. The van der Waals surface area contributed by atoms with E-state index >= 15 is 0 Å². The van der Waals surface area contributed by atoms with Crippen molar-refractivity contribution >= 4 is 23.6 Å². The van der Waals surface area contributed by atoms with Gasteiger partial charge in [0.25, 0.3) is 5.91 Å². The third-order valence-electron chi connectivity index (χ3n) is 4.94. The molecule has 0 aliphatic carbocycles. The molecule has 3 rings (SSSR count). The van der Waals surface area contributed by atoms with Crippen LogP contribution < -0.4 is 15.4 Å². The molecule has 1 heterocycles. The molecule has 2 atom stereocenters. The molecule has 2 aromatic carbocycles. The van der Waals surface area contributed by atoms with Gasteiger partial charge in [-0.2, -0.15) is 0 Å². The van der Waals surface area contributed by atoms with Crippen LogP contribution in [0.5, 0.6) is 5.75 Å². The molecule has 29 heavy (non-hydrogen) atoms. The van der Waals surface area contributed by atoms with Gasteiger partial charge >= 0.3 is 0 Å². The predicted molar refractivity (Wildman–Crippen MR) is 116 cm³/mol. The monoisotopic (exact) mass is 412 g/mol. The summed E-state index contributed by atoms with van der Waals surface area (Å²) in [6.45, 7) is 6.36. The van der Waals surface area contributed by atoms with Crippen LogP contribution in [0.1, 0.15) is 49.2 Å². The van der Waals surface area contributed by atoms with Gasteiger partial charge in [-0.25, -0.2) is 0 Å². The van der Waals surface area contributed by atoms with E-state index < -0.39 is 6.04 Å². The number of thioether (sulfide) groups is 1. The van der Waals surface area contributed by atoms with E-state index in [1.165, 1.54) is 4.90 Å². The van der Waals surface area contributed by atoms with Crippen molar-refractivity contribution in [2.45, 2.75) is 44.2 Å². The molecule has 1 aliphatic rings. The van der Waals surface area contributed by atoms with Crippen molar-refractivity contribution in [3.63, 3.8) is 0 Å². The van der Waals surface area contributed by atoms with Crippen molar-refractivity contribution in [3.8, 4) is 5.75 Å². The fourth-order valence-corrected chi connectivity index (χ4v) is 4.51. The first-order chi connectivity index (χ1) is 14.0. The van der Waals surface area contributed by atoms with Crippen LogP contribution in [-0.4, -0.2) is 30.2 Å². The lowest BCUT2D eigenvalue weighted by Gasteiger charge is -2.29. The summed E-state index contributed by atoms with van der Waals surface area (Å²) in [4.78, 5) is 26.9. The number of carbonyl (C=O) groups excluding carboxylic acids is 2. The molecule has 0 radical (unpaired) electrons. The number of ether oxygens (including phenoxy) is 1. The maximum Gasteiger partial charge on any atom is 0.251 e. The van der Waals surface area contributed by atoms with Crippen molar-refractivity contribution in [2.75, 3.05) is 12.4 Å². The van der Waals surface area contributed by atoms with Crippen LogP contribution in [0.2, 0.25) is 0 Å². The Morgan fingerprint density at radius 3 is 2.55 bits per heavy atom.